The van der Waals surface area contributed by atoms with Gasteiger partial charge in [0.15, 0.2) is 5.69 Å². The van der Waals surface area contributed by atoms with Crippen LogP contribution in [0.2, 0.25) is 0 Å². The molecule has 0 saturated carbocycles. The van der Waals surface area contributed by atoms with E-state index in [9.17, 15) is 9.59 Å². The van der Waals surface area contributed by atoms with Crippen molar-refractivity contribution in [2.45, 2.75) is 26.7 Å². The van der Waals surface area contributed by atoms with Crippen LogP contribution in [0.15, 0.2) is 6.20 Å². The predicted octanol–water partition coefficient (Wildman–Crippen LogP) is 1.60. The van der Waals surface area contributed by atoms with Crippen LogP contribution in [0.1, 0.15) is 45.8 Å². The second-order valence-corrected chi connectivity index (χ2v) is 3.30. The van der Waals surface area contributed by atoms with Gasteiger partial charge in [-0.3, -0.25) is 0 Å². The van der Waals surface area contributed by atoms with Crippen LogP contribution >= 0.6 is 0 Å². The first kappa shape index (κ1) is 12.2. The van der Waals surface area contributed by atoms with Crippen LogP contribution in [0.3, 0.4) is 0 Å². The van der Waals surface area contributed by atoms with Crippen LogP contribution < -0.4 is 0 Å². The van der Waals surface area contributed by atoms with Crippen molar-refractivity contribution in [2.75, 3.05) is 0 Å². The van der Waals surface area contributed by atoms with Crippen molar-refractivity contribution >= 4 is 11.9 Å². The molecule has 1 aromatic heterocycles. The van der Waals surface area contributed by atoms with Gasteiger partial charge in [0.1, 0.15) is 0 Å². The summed E-state index contributed by atoms with van der Waals surface area (Å²) >= 11 is 0. The van der Waals surface area contributed by atoms with Gasteiger partial charge in [-0.15, -0.1) is 0 Å². The third-order valence-electron chi connectivity index (χ3n) is 2.41. The quantitative estimate of drug-likeness (QED) is 0.809. The molecule has 16 heavy (non-hydrogen) atoms. The second kappa shape index (κ2) is 4.74. The van der Waals surface area contributed by atoms with E-state index < -0.39 is 11.9 Å². The summed E-state index contributed by atoms with van der Waals surface area (Å²) in [5, 5.41) is 18.0. The standard InChI is InChI=1S/C11H13NO4/c1-3-6-5-12-9(11(15)16)7(4-2)8(6)10(13)14/h5H,3-4H2,1-2H3,(H,13,14)(H,15,16). The maximum atomic E-state index is 11.1. The maximum Gasteiger partial charge on any atom is 0.354 e. The molecule has 0 atom stereocenters. The molecule has 0 amide bonds. The molecule has 86 valence electrons. The van der Waals surface area contributed by atoms with Gasteiger partial charge in [0.05, 0.1) is 5.56 Å². The molecule has 0 aromatic carbocycles. The normalized spacial score (nSPS) is 10.1. The summed E-state index contributed by atoms with van der Waals surface area (Å²) < 4.78 is 0. The molecule has 0 aliphatic rings. The van der Waals surface area contributed by atoms with E-state index in [0.29, 0.717) is 24.0 Å². The summed E-state index contributed by atoms with van der Waals surface area (Å²) in [5.41, 5.74) is 0.767. The van der Waals surface area contributed by atoms with Gasteiger partial charge in [0.25, 0.3) is 0 Å². The Bertz CT molecular complexity index is 440. The number of rotatable bonds is 4. The number of aromatic carboxylic acids is 2. The largest absolute Gasteiger partial charge is 0.478 e. The molecule has 1 heterocycles. The Kier molecular flexibility index (Phi) is 3.60. The van der Waals surface area contributed by atoms with Crippen LogP contribution in [0.5, 0.6) is 0 Å². The number of hydrogen-bond donors (Lipinski definition) is 2. The van der Waals surface area contributed by atoms with E-state index in [-0.39, 0.29) is 11.3 Å². The maximum absolute atomic E-state index is 11.1. The van der Waals surface area contributed by atoms with Crippen LogP contribution in [0.25, 0.3) is 0 Å². The number of carboxylic acids is 2. The minimum Gasteiger partial charge on any atom is -0.478 e. The third-order valence-corrected chi connectivity index (χ3v) is 2.41. The molecule has 1 aromatic rings. The van der Waals surface area contributed by atoms with Crippen LogP contribution in [0.4, 0.5) is 0 Å². The van der Waals surface area contributed by atoms with Crippen LogP contribution in [-0.4, -0.2) is 27.1 Å². The zero-order chi connectivity index (χ0) is 12.3. The molecule has 0 radical (unpaired) electrons. The zero-order valence-electron chi connectivity index (χ0n) is 9.15. The molecule has 0 aliphatic carbocycles. The lowest BCUT2D eigenvalue weighted by Gasteiger charge is -2.10. The summed E-state index contributed by atoms with van der Waals surface area (Å²) in [6.45, 7) is 3.53. The lowest BCUT2D eigenvalue weighted by Crippen LogP contribution is -2.14. The average molecular weight is 223 g/mol. The molecule has 1 rings (SSSR count). The summed E-state index contributed by atoms with van der Waals surface area (Å²) in [4.78, 5) is 25.8. The Balaban J connectivity index is 3.56. The highest BCUT2D eigenvalue weighted by Crippen LogP contribution is 2.19. The lowest BCUT2D eigenvalue weighted by atomic mass is 9.98. The number of aryl methyl sites for hydroxylation is 1. The molecule has 5 nitrogen and oxygen atoms in total. The molecule has 0 saturated heterocycles. The fourth-order valence-electron chi connectivity index (χ4n) is 1.66. The van der Waals surface area contributed by atoms with Crippen LogP contribution in [0, 0.1) is 0 Å². The van der Waals surface area contributed by atoms with E-state index >= 15 is 0 Å². The molecular weight excluding hydrogens is 210 g/mol. The SMILES string of the molecule is CCc1cnc(C(=O)O)c(CC)c1C(=O)O. The zero-order valence-corrected chi connectivity index (χ0v) is 9.15. The van der Waals surface area contributed by atoms with Crippen molar-refractivity contribution in [3.05, 3.63) is 28.6 Å². The Hall–Kier alpha value is -1.91. The van der Waals surface area contributed by atoms with Crippen molar-refractivity contribution in [2.24, 2.45) is 0 Å². The van der Waals surface area contributed by atoms with Gasteiger partial charge in [-0.1, -0.05) is 13.8 Å². The van der Waals surface area contributed by atoms with Crippen molar-refractivity contribution in [3.8, 4) is 0 Å². The smallest absolute Gasteiger partial charge is 0.354 e. The van der Waals surface area contributed by atoms with Crippen molar-refractivity contribution in [1.29, 1.82) is 0 Å². The van der Waals surface area contributed by atoms with Gasteiger partial charge in [-0.25, -0.2) is 14.6 Å². The Morgan fingerprint density at radius 3 is 2.19 bits per heavy atom. The first-order valence-electron chi connectivity index (χ1n) is 5.00. The molecular formula is C11H13NO4. The predicted molar refractivity (Wildman–Crippen MR) is 56.9 cm³/mol. The highest BCUT2D eigenvalue weighted by Gasteiger charge is 2.21. The van der Waals surface area contributed by atoms with E-state index in [0.717, 1.165) is 0 Å². The molecule has 0 fully saturated rings. The van der Waals surface area contributed by atoms with Crippen molar-refractivity contribution < 1.29 is 19.8 Å². The molecule has 0 aliphatic heterocycles. The van der Waals surface area contributed by atoms with Gasteiger partial charge in [0, 0.05) is 6.20 Å². The average Bonchev–Trinajstić information content (AvgIpc) is 2.26. The Morgan fingerprint density at radius 2 is 1.81 bits per heavy atom. The van der Waals surface area contributed by atoms with Gasteiger partial charge in [0.2, 0.25) is 0 Å². The number of carbonyl (C=O) groups is 2. The summed E-state index contributed by atoms with van der Waals surface area (Å²) in [6.07, 6.45) is 2.18. The van der Waals surface area contributed by atoms with Gasteiger partial charge in [-0.05, 0) is 24.0 Å². The fraction of sp³-hybridized carbons (Fsp3) is 0.364. The van der Waals surface area contributed by atoms with E-state index in [2.05, 4.69) is 4.98 Å². The first-order valence-corrected chi connectivity index (χ1v) is 5.00. The summed E-state index contributed by atoms with van der Waals surface area (Å²) in [6, 6.07) is 0. The monoisotopic (exact) mass is 223 g/mol. The van der Waals surface area contributed by atoms with E-state index in [1.807, 2.05) is 6.92 Å². The number of nitrogens with zero attached hydrogens (tertiary/aromatic N) is 1. The highest BCUT2D eigenvalue weighted by atomic mass is 16.4. The highest BCUT2D eigenvalue weighted by molar-refractivity contribution is 5.96. The Morgan fingerprint density at radius 1 is 1.19 bits per heavy atom. The van der Waals surface area contributed by atoms with Gasteiger partial charge in [-0.2, -0.15) is 0 Å². The second-order valence-electron chi connectivity index (χ2n) is 3.30. The molecule has 0 unspecified atom stereocenters. The summed E-state index contributed by atoms with van der Waals surface area (Å²) in [5.74, 6) is -2.29. The number of carboxylic acid groups (broad SMARTS) is 2. The minimum absolute atomic E-state index is 0.0809. The van der Waals surface area contributed by atoms with E-state index in [4.69, 9.17) is 10.2 Å². The molecule has 2 N–H and O–H groups in total. The first-order chi connectivity index (χ1) is 7.52. The van der Waals surface area contributed by atoms with Crippen molar-refractivity contribution in [1.82, 2.24) is 4.98 Å². The molecule has 5 heteroatoms. The van der Waals surface area contributed by atoms with Gasteiger partial charge < -0.3 is 10.2 Å². The van der Waals surface area contributed by atoms with Crippen molar-refractivity contribution in [3.63, 3.8) is 0 Å². The number of pyridine rings is 1. The third kappa shape index (κ3) is 2.03. The minimum atomic E-state index is -1.19. The number of aromatic nitrogens is 1. The fourth-order valence-corrected chi connectivity index (χ4v) is 1.66. The van der Waals surface area contributed by atoms with E-state index in [1.165, 1.54) is 6.20 Å². The summed E-state index contributed by atoms with van der Waals surface area (Å²) in [7, 11) is 0. The van der Waals surface area contributed by atoms with Crippen LogP contribution in [-0.2, 0) is 12.8 Å². The molecule has 0 bridgehead atoms. The topological polar surface area (TPSA) is 87.5 Å². The Labute approximate surface area is 92.8 Å². The number of hydrogen-bond acceptors (Lipinski definition) is 3. The molecule has 0 spiro atoms. The van der Waals surface area contributed by atoms with E-state index in [1.54, 1.807) is 6.92 Å². The lowest BCUT2D eigenvalue weighted by molar-refractivity contribution is 0.0689. The van der Waals surface area contributed by atoms with Gasteiger partial charge >= 0.3 is 11.9 Å².